The van der Waals surface area contributed by atoms with Gasteiger partial charge in [0.15, 0.2) is 0 Å². The van der Waals surface area contributed by atoms with Crippen LogP contribution < -0.4 is 5.32 Å². The van der Waals surface area contributed by atoms with E-state index < -0.39 is 0 Å². The molecule has 0 aliphatic rings. The summed E-state index contributed by atoms with van der Waals surface area (Å²) in [6, 6.07) is 2.43. The van der Waals surface area contributed by atoms with Crippen molar-refractivity contribution in [2.24, 2.45) is 0 Å². The third-order valence-electron chi connectivity index (χ3n) is 2.29. The number of halogens is 1. The summed E-state index contributed by atoms with van der Waals surface area (Å²) in [5.74, 6) is 1.70. The number of nitrogens with zero attached hydrogens (tertiary/aromatic N) is 2. The van der Waals surface area contributed by atoms with Gasteiger partial charge in [0.05, 0.1) is 0 Å². The van der Waals surface area contributed by atoms with Crippen LogP contribution in [0.15, 0.2) is 10.7 Å². The molecule has 1 rings (SSSR count). The Morgan fingerprint density at radius 3 is 2.67 bits per heavy atom. The summed E-state index contributed by atoms with van der Waals surface area (Å²) < 4.78 is 0.837. The van der Waals surface area contributed by atoms with Crippen molar-refractivity contribution in [2.45, 2.75) is 46.1 Å². The number of rotatable bonds is 5. The largest absolute Gasteiger partial charge is 0.367 e. The highest BCUT2D eigenvalue weighted by molar-refractivity contribution is 9.10. The first-order chi connectivity index (χ1) is 7.15. The summed E-state index contributed by atoms with van der Waals surface area (Å²) in [6.45, 7) is 6.29. The molecule has 0 saturated heterocycles. The Morgan fingerprint density at radius 2 is 2.13 bits per heavy atom. The van der Waals surface area contributed by atoms with Gasteiger partial charge in [-0.15, -0.1) is 0 Å². The maximum Gasteiger partial charge on any atom is 0.131 e. The molecule has 0 radical (unpaired) electrons. The molecule has 84 valence electrons. The van der Waals surface area contributed by atoms with Crippen molar-refractivity contribution in [3.05, 3.63) is 16.5 Å². The Kier molecular flexibility index (Phi) is 5.02. The van der Waals surface area contributed by atoms with E-state index in [1.165, 1.54) is 12.8 Å². The van der Waals surface area contributed by atoms with Crippen molar-refractivity contribution < 1.29 is 0 Å². The molecule has 0 saturated carbocycles. The molecule has 1 unspecified atom stereocenters. The van der Waals surface area contributed by atoms with Crippen LogP contribution in [0.5, 0.6) is 0 Å². The van der Waals surface area contributed by atoms with E-state index in [1.54, 1.807) is 0 Å². The molecule has 15 heavy (non-hydrogen) atoms. The van der Waals surface area contributed by atoms with Crippen LogP contribution in [0.3, 0.4) is 0 Å². The second kappa shape index (κ2) is 6.05. The molecule has 1 aromatic heterocycles. The average Bonchev–Trinajstić information content (AvgIpc) is 2.15. The van der Waals surface area contributed by atoms with Crippen molar-refractivity contribution >= 4 is 21.7 Å². The lowest BCUT2D eigenvalue weighted by Gasteiger charge is -2.16. The van der Waals surface area contributed by atoms with Crippen molar-refractivity contribution in [3.63, 3.8) is 0 Å². The SMILES string of the molecule is CCCC(CC)Nc1cc(Br)nc(C)n1. The zero-order valence-electron chi connectivity index (χ0n) is 9.55. The second-order valence-corrected chi connectivity index (χ2v) is 4.47. The fraction of sp³-hybridized carbons (Fsp3) is 0.636. The van der Waals surface area contributed by atoms with Crippen molar-refractivity contribution in [3.8, 4) is 0 Å². The molecular formula is C11H18BrN3. The van der Waals surface area contributed by atoms with E-state index >= 15 is 0 Å². The standard InChI is InChI=1S/C11H18BrN3/c1-4-6-9(5-2)15-11-7-10(12)13-8(3)14-11/h7,9H,4-6H2,1-3H3,(H,13,14,15). The first-order valence-electron chi connectivity index (χ1n) is 5.43. The first kappa shape index (κ1) is 12.4. The maximum atomic E-state index is 4.35. The maximum absolute atomic E-state index is 4.35. The highest BCUT2D eigenvalue weighted by atomic mass is 79.9. The van der Waals surface area contributed by atoms with E-state index in [4.69, 9.17) is 0 Å². The number of hydrogen-bond donors (Lipinski definition) is 1. The van der Waals surface area contributed by atoms with Crippen molar-refractivity contribution in [1.82, 2.24) is 9.97 Å². The van der Waals surface area contributed by atoms with Gasteiger partial charge in [-0.1, -0.05) is 20.3 Å². The zero-order valence-corrected chi connectivity index (χ0v) is 11.1. The molecule has 0 aliphatic heterocycles. The van der Waals surface area contributed by atoms with Gasteiger partial charge in [0, 0.05) is 12.1 Å². The molecule has 0 bridgehead atoms. The number of aryl methyl sites for hydroxylation is 1. The molecular weight excluding hydrogens is 254 g/mol. The van der Waals surface area contributed by atoms with Crippen LogP contribution >= 0.6 is 15.9 Å². The molecule has 0 spiro atoms. The first-order valence-corrected chi connectivity index (χ1v) is 6.22. The molecule has 0 aliphatic carbocycles. The van der Waals surface area contributed by atoms with Gasteiger partial charge in [-0.05, 0) is 35.7 Å². The highest BCUT2D eigenvalue weighted by Gasteiger charge is 2.06. The van der Waals surface area contributed by atoms with Crippen LogP contribution in [0.2, 0.25) is 0 Å². The summed E-state index contributed by atoms with van der Waals surface area (Å²) in [4.78, 5) is 8.53. The predicted octanol–water partition coefficient (Wildman–Crippen LogP) is 3.54. The third-order valence-corrected chi connectivity index (χ3v) is 2.69. The van der Waals surface area contributed by atoms with Gasteiger partial charge in [0.25, 0.3) is 0 Å². The van der Waals surface area contributed by atoms with E-state index in [0.29, 0.717) is 6.04 Å². The lowest BCUT2D eigenvalue weighted by atomic mass is 10.1. The molecule has 0 amide bonds. The van der Waals surface area contributed by atoms with Crippen LogP contribution in [-0.4, -0.2) is 16.0 Å². The Labute approximate surface area is 99.8 Å². The second-order valence-electron chi connectivity index (χ2n) is 3.66. The molecule has 1 atom stereocenters. The smallest absolute Gasteiger partial charge is 0.131 e. The molecule has 4 heteroatoms. The van der Waals surface area contributed by atoms with Crippen LogP contribution in [0, 0.1) is 6.92 Å². The van der Waals surface area contributed by atoms with Crippen LogP contribution in [0.1, 0.15) is 38.9 Å². The van der Waals surface area contributed by atoms with E-state index in [2.05, 4.69) is 45.1 Å². The number of aromatic nitrogens is 2. The van der Waals surface area contributed by atoms with Gasteiger partial charge in [-0.25, -0.2) is 9.97 Å². The minimum absolute atomic E-state index is 0.510. The Morgan fingerprint density at radius 1 is 1.40 bits per heavy atom. The minimum atomic E-state index is 0.510. The van der Waals surface area contributed by atoms with Gasteiger partial charge < -0.3 is 5.32 Å². The van der Waals surface area contributed by atoms with Gasteiger partial charge in [0.1, 0.15) is 16.2 Å². The van der Waals surface area contributed by atoms with Crippen LogP contribution in [0.25, 0.3) is 0 Å². The monoisotopic (exact) mass is 271 g/mol. The third kappa shape index (κ3) is 4.16. The lowest BCUT2D eigenvalue weighted by Crippen LogP contribution is -2.19. The normalized spacial score (nSPS) is 12.5. The molecule has 3 nitrogen and oxygen atoms in total. The Balaban J connectivity index is 2.69. The fourth-order valence-electron chi connectivity index (χ4n) is 1.54. The van der Waals surface area contributed by atoms with E-state index in [0.717, 1.165) is 22.7 Å². The summed E-state index contributed by atoms with van der Waals surface area (Å²) in [5.41, 5.74) is 0. The van der Waals surface area contributed by atoms with Gasteiger partial charge in [-0.3, -0.25) is 0 Å². The summed E-state index contributed by atoms with van der Waals surface area (Å²) >= 11 is 3.37. The summed E-state index contributed by atoms with van der Waals surface area (Å²) in [7, 11) is 0. The quantitative estimate of drug-likeness (QED) is 0.833. The summed E-state index contributed by atoms with van der Waals surface area (Å²) in [5, 5.41) is 3.43. The molecule has 1 aromatic rings. The topological polar surface area (TPSA) is 37.8 Å². The van der Waals surface area contributed by atoms with Crippen molar-refractivity contribution in [1.29, 1.82) is 0 Å². The minimum Gasteiger partial charge on any atom is -0.367 e. The Hall–Kier alpha value is -0.640. The average molecular weight is 272 g/mol. The highest BCUT2D eigenvalue weighted by Crippen LogP contribution is 2.15. The predicted molar refractivity (Wildman–Crippen MR) is 67.1 cm³/mol. The van der Waals surface area contributed by atoms with Gasteiger partial charge >= 0.3 is 0 Å². The van der Waals surface area contributed by atoms with Gasteiger partial charge in [-0.2, -0.15) is 0 Å². The number of nitrogens with one attached hydrogen (secondary N) is 1. The van der Waals surface area contributed by atoms with E-state index in [9.17, 15) is 0 Å². The van der Waals surface area contributed by atoms with Crippen LogP contribution in [-0.2, 0) is 0 Å². The van der Waals surface area contributed by atoms with Crippen LogP contribution in [0.4, 0.5) is 5.82 Å². The Bertz CT molecular complexity index is 294. The molecule has 1 N–H and O–H groups in total. The number of anilines is 1. The summed E-state index contributed by atoms with van der Waals surface area (Å²) in [6.07, 6.45) is 3.49. The molecule has 0 aromatic carbocycles. The molecule has 1 heterocycles. The lowest BCUT2D eigenvalue weighted by molar-refractivity contribution is 0.620. The van der Waals surface area contributed by atoms with E-state index in [1.807, 2.05) is 13.0 Å². The molecule has 0 fully saturated rings. The zero-order chi connectivity index (χ0) is 11.3. The van der Waals surface area contributed by atoms with E-state index in [-0.39, 0.29) is 0 Å². The number of hydrogen-bond acceptors (Lipinski definition) is 3. The van der Waals surface area contributed by atoms with Gasteiger partial charge in [0.2, 0.25) is 0 Å². The van der Waals surface area contributed by atoms with Crippen molar-refractivity contribution in [2.75, 3.05) is 5.32 Å². The fourth-order valence-corrected chi connectivity index (χ4v) is 2.01.